The van der Waals surface area contributed by atoms with Crippen LogP contribution in [-0.2, 0) is 9.47 Å². The maximum absolute atomic E-state index is 12.2. The molecule has 24 heavy (non-hydrogen) atoms. The fraction of sp³-hybridized carbons (Fsp3) is 0.588. The molecule has 0 unspecified atom stereocenters. The number of ether oxygens (including phenoxy) is 3. The molecule has 0 radical (unpaired) electrons. The van der Waals surface area contributed by atoms with Crippen LogP contribution < -0.4 is 21.1 Å². The summed E-state index contributed by atoms with van der Waals surface area (Å²) in [6, 6.07) is 3.37. The number of nitrogens with two attached hydrogens (primary N) is 1. The first-order chi connectivity index (χ1) is 11.3. The van der Waals surface area contributed by atoms with Crippen LogP contribution in [0.1, 0.15) is 33.6 Å². The average molecular weight is 339 g/mol. The second-order valence-corrected chi connectivity index (χ2v) is 6.05. The third kappa shape index (κ3) is 6.16. The highest BCUT2D eigenvalue weighted by Crippen LogP contribution is 2.33. The molecule has 0 aliphatic rings. The van der Waals surface area contributed by atoms with Gasteiger partial charge in [0.1, 0.15) is 18.0 Å². The molecular weight excluding hydrogens is 310 g/mol. The Morgan fingerprint density at radius 1 is 1.25 bits per heavy atom. The Morgan fingerprint density at radius 3 is 2.54 bits per heavy atom. The number of nitrogens with one attached hydrogen (secondary N) is 2. The first-order valence-corrected chi connectivity index (χ1v) is 8.06. The molecule has 0 spiro atoms. The lowest BCUT2D eigenvalue weighted by molar-refractivity contribution is 0.0418. The average Bonchev–Trinajstić information content (AvgIpc) is 2.49. The summed E-state index contributed by atoms with van der Waals surface area (Å²) in [5, 5.41) is 5.71. The van der Waals surface area contributed by atoms with Gasteiger partial charge in [-0.25, -0.2) is 4.79 Å². The quantitative estimate of drug-likeness (QED) is 0.471. The molecule has 1 aromatic carbocycles. The molecule has 0 saturated heterocycles. The Balaban J connectivity index is 2.92. The van der Waals surface area contributed by atoms with E-state index in [1.165, 1.54) is 0 Å². The Hall–Kier alpha value is -2.15. The van der Waals surface area contributed by atoms with Crippen molar-refractivity contribution >= 4 is 23.2 Å². The van der Waals surface area contributed by atoms with Crippen molar-refractivity contribution in [3.63, 3.8) is 0 Å². The molecule has 7 nitrogen and oxygen atoms in total. The van der Waals surface area contributed by atoms with Crippen LogP contribution in [0.4, 0.5) is 21.9 Å². The van der Waals surface area contributed by atoms with Gasteiger partial charge in [0.15, 0.2) is 0 Å². The van der Waals surface area contributed by atoms with Crippen molar-refractivity contribution < 1.29 is 19.0 Å². The molecule has 0 atom stereocenters. The number of nitrogen functional groups attached to an aromatic ring is 1. The van der Waals surface area contributed by atoms with E-state index in [-0.39, 0.29) is 0 Å². The normalized spacial score (nSPS) is 11.0. The highest BCUT2D eigenvalue weighted by Gasteiger charge is 2.22. The second kappa shape index (κ2) is 9.22. The fourth-order valence-electron chi connectivity index (χ4n) is 2.30. The van der Waals surface area contributed by atoms with Crippen LogP contribution in [0.15, 0.2) is 12.1 Å². The van der Waals surface area contributed by atoms with E-state index in [2.05, 4.69) is 10.6 Å². The van der Waals surface area contributed by atoms with E-state index < -0.39 is 11.7 Å². The maximum atomic E-state index is 12.2. The predicted octanol–water partition coefficient (Wildman–Crippen LogP) is 3.46. The molecule has 0 aliphatic carbocycles. The number of carbonyl (C=O) groups excluding carboxylic acids is 1. The number of anilines is 3. The Labute approximate surface area is 143 Å². The largest absolute Gasteiger partial charge is 0.489 e. The summed E-state index contributed by atoms with van der Waals surface area (Å²) in [5.41, 5.74) is 7.13. The molecule has 1 aromatic rings. The van der Waals surface area contributed by atoms with E-state index in [0.29, 0.717) is 36.0 Å². The van der Waals surface area contributed by atoms with Crippen molar-refractivity contribution in [2.45, 2.75) is 39.2 Å². The second-order valence-electron chi connectivity index (χ2n) is 6.05. The fourth-order valence-corrected chi connectivity index (χ4v) is 2.30. The monoisotopic (exact) mass is 339 g/mol. The lowest BCUT2D eigenvalue weighted by atomic mass is 10.0. The minimum Gasteiger partial charge on any atom is -0.489 e. The van der Waals surface area contributed by atoms with Crippen molar-refractivity contribution in [2.24, 2.45) is 0 Å². The van der Waals surface area contributed by atoms with Crippen LogP contribution in [0.5, 0.6) is 5.75 Å². The number of hydrogen-bond donors (Lipinski definition) is 3. The van der Waals surface area contributed by atoms with Crippen molar-refractivity contribution in [1.82, 2.24) is 0 Å². The van der Waals surface area contributed by atoms with Crippen molar-refractivity contribution in [3.8, 4) is 5.75 Å². The van der Waals surface area contributed by atoms with Gasteiger partial charge in [-0.3, -0.25) is 5.32 Å². The maximum Gasteiger partial charge on any atom is 0.412 e. The SMILES string of the molecule is CCCC(C)(C)OC(=O)Nc1cc(NC)c(N)cc1OCCOC. The molecule has 0 saturated carbocycles. The minimum atomic E-state index is -0.532. The van der Waals surface area contributed by atoms with Crippen LogP contribution in [0, 0.1) is 0 Å². The molecule has 4 N–H and O–H groups in total. The lowest BCUT2D eigenvalue weighted by Crippen LogP contribution is -2.30. The minimum absolute atomic E-state index is 0.347. The summed E-state index contributed by atoms with van der Waals surface area (Å²) in [6.45, 7) is 6.59. The third-order valence-electron chi connectivity index (χ3n) is 3.42. The molecule has 1 rings (SSSR count). The van der Waals surface area contributed by atoms with Gasteiger partial charge in [0.05, 0.1) is 23.7 Å². The number of benzene rings is 1. The molecule has 136 valence electrons. The number of rotatable bonds is 9. The van der Waals surface area contributed by atoms with E-state index in [9.17, 15) is 4.79 Å². The Bertz CT molecular complexity index is 547. The first-order valence-electron chi connectivity index (χ1n) is 8.06. The summed E-state index contributed by atoms with van der Waals surface area (Å²) < 4.78 is 16.1. The Morgan fingerprint density at radius 2 is 1.96 bits per heavy atom. The van der Waals surface area contributed by atoms with E-state index >= 15 is 0 Å². The van der Waals surface area contributed by atoms with Crippen LogP contribution in [0.25, 0.3) is 0 Å². The highest BCUT2D eigenvalue weighted by atomic mass is 16.6. The van der Waals surface area contributed by atoms with Gasteiger partial charge in [-0.05, 0) is 26.3 Å². The molecule has 0 aliphatic heterocycles. The standard InChI is InChI=1S/C17H29N3O4/c1-6-7-17(2,3)24-16(21)20-14-11-13(19-4)12(18)10-15(14)23-9-8-22-5/h10-11,19H,6-9,18H2,1-5H3,(H,20,21). The van der Waals surface area contributed by atoms with Gasteiger partial charge in [-0.1, -0.05) is 13.3 Å². The summed E-state index contributed by atoms with van der Waals surface area (Å²) in [5.74, 6) is 0.466. The van der Waals surface area contributed by atoms with E-state index in [1.54, 1.807) is 26.3 Å². The Kier molecular flexibility index (Phi) is 7.64. The highest BCUT2D eigenvalue weighted by molar-refractivity contribution is 5.90. The molecule has 1 amide bonds. The van der Waals surface area contributed by atoms with Gasteiger partial charge in [-0.2, -0.15) is 0 Å². The number of hydrogen-bond acceptors (Lipinski definition) is 6. The predicted molar refractivity (Wildman–Crippen MR) is 96.9 cm³/mol. The number of methoxy groups -OCH3 is 1. The summed E-state index contributed by atoms with van der Waals surface area (Å²) in [6.07, 6.45) is 1.18. The van der Waals surface area contributed by atoms with E-state index in [4.69, 9.17) is 19.9 Å². The molecule has 7 heteroatoms. The summed E-state index contributed by atoms with van der Waals surface area (Å²) in [4.78, 5) is 12.2. The van der Waals surface area contributed by atoms with Crippen LogP contribution in [0.2, 0.25) is 0 Å². The molecular formula is C17H29N3O4. The lowest BCUT2D eigenvalue weighted by Gasteiger charge is -2.25. The zero-order valence-corrected chi connectivity index (χ0v) is 15.2. The van der Waals surface area contributed by atoms with Gasteiger partial charge in [0, 0.05) is 20.2 Å². The van der Waals surface area contributed by atoms with Gasteiger partial charge in [-0.15, -0.1) is 0 Å². The van der Waals surface area contributed by atoms with E-state index in [0.717, 1.165) is 12.8 Å². The van der Waals surface area contributed by atoms with Gasteiger partial charge in [0.25, 0.3) is 0 Å². The van der Waals surface area contributed by atoms with Crippen molar-refractivity contribution in [1.29, 1.82) is 0 Å². The molecule has 0 bridgehead atoms. The van der Waals surface area contributed by atoms with Gasteiger partial charge in [0.2, 0.25) is 0 Å². The first kappa shape index (κ1) is 19.9. The summed E-state index contributed by atoms with van der Waals surface area (Å²) >= 11 is 0. The van der Waals surface area contributed by atoms with Gasteiger partial charge >= 0.3 is 6.09 Å². The molecule has 0 aromatic heterocycles. The van der Waals surface area contributed by atoms with Crippen LogP contribution in [0.3, 0.4) is 0 Å². The van der Waals surface area contributed by atoms with Crippen molar-refractivity contribution in [2.75, 3.05) is 43.7 Å². The smallest absolute Gasteiger partial charge is 0.412 e. The molecule has 0 fully saturated rings. The van der Waals surface area contributed by atoms with Crippen LogP contribution in [-0.4, -0.2) is 39.1 Å². The zero-order valence-electron chi connectivity index (χ0n) is 15.2. The number of carbonyl (C=O) groups is 1. The van der Waals surface area contributed by atoms with Gasteiger partial charge < -0.3 is 25.3 Å². The van der Waals surface area contributed by atoms with Crippen LogP contribution >= 0.6 is 0 Å². The number of amides is 1. The van der Waals surface area contributed by atoms with E-state index in [1.807, 2.05) is 20.8 Å². The topological polar surface area (TPSA) is 94.8 Å². The zero-order chi connectivity index (χ0) is 18.2. The molecule has 0 heterocycles. The third-order valence-corrected chi connectivity index (χ3v) is 3.42. The van der Waals surface area contributed by atoms with Crippen molar-refractivity contribution in [3.05, 3.63) is 12.1 Å². The summed E-state index contributed by atoms with van der Waals surface area (Å²) in [7, 11) is 3.35.